The average molecular weight is 394 g/mol. The van der Waals surface area contributed by atoms with Gasteiger partial charge in [0, 0.05) is 18.0 Å². The lowest BCUT2D eigenvalue weighted by atomic mass is 9.67. The molecule has 0 amide bonds. The van der Waals surface area contributed by atoms with Gasteiger partial charge in [0.15, 0.2) is 9.84 Å². The number of carbonyl (C=O) groups excluding carboxylic acids is 1. The number of esters is 1. The molecular weight excluding hydrogens is 374 g/mol. The van der Waals surface area contributed by atoms with E-state index < -0.39 is 26.4 Å². The van der Waals surface area contributed by atoms with Crippen molar-refractivity contribution < 1.29 is 17.9 Å². The highest BCUT2D eigenvalue weighted by atomic mass is 35.5. The molecule has 7 heteroatoms. The van der Waals surface area contributed by atoms with Gasteiger partial charge in [0.05, 0.1) is 22.1 Å². The third-order valence-corrected chi connectivity index (χ3v) is 8.51. The number of H-pyrrole nitrogens is 1. The molecule has 2 aromatic rings. The highest BCUT2D eigenvalue weighted by molar-refractivity contribution is 7.92. The number of nitrogens with one attached hydrogen (secondary N) is 1. The highest BCUT2D eigenvalue weighted by Gasteiger charge is 2.53. The quantitative estimate of drug-likeness (QED) is 0.635. The van der Waals surface area contributed by atoms with Crippen molar-refractivity contribution in [1.29, 1.82) is 0 Å². The molecule has 1 heterocycles. The number of ether oxygens (including phenoxy) is 1. The van der Waals surface area contributed by atoms with E-state index in [1.807, 2.05) is 0 Å². The lowest BCUT2D eigenvalue weighted by Crippen LogP contribution is -2.47. The van der Waals surface area contributed by atoms with Crippen molar-refractivity contribution in [2.24, 2.45) is 0 Å². The molecule has 0 spiro atoms. The highest BCUT2D eigenvalue weighted by Crippen LogP contribution is 2.55. The van der Waals surface area contributed by atoms with E-state index in [1.165, 1.54) is 0 Å². The zero-order chi connectivity index (χ0) is 18.5. The van der Waals surface area contributed by atoms with Crippen LogP contribution in [0.15, 0.2) is 41.4 Å². The van der Waals surface area contributed by atoms with Crippen LogP contribution in [0.4, 0.5) is 0 Å². The molecule has 3 aliphatic carbocycles. The Morgan fingerprint density at radius 2 is 1.92 bits per heavy atom. The Morgan fingerprint density at radius 1 is 1.23 bits per heavy atom. The summed E-state index contributed by atoms with van der Waals surface area (Å²) >= 11 is 6.68. The predicted molar refractivity (Wildman–Crippen MR) is 98.5 cm³/mol. The van der Waals surface area contributed by atoms with E-state index in [0.717, 1.165) is 17.5 Å². The molecule has 26 heavy (non-hydrogen) atoms. The molecule has 1 aromatic carbocycles. The molecule has 5 nitrogen and oxygen atoms in total. The Balaban J connectivity index is 1.82. The maximum absolute atomic E-state index is 13.3. The van der Waals surface area contributed by atoms with Crippen molar-refractivity contribution in [3.8, 4) is 0 Å². The van der Waals surface area contributed by atoms with Crippen LogP contribution in [0.25, 0.3) is 0 Å². The van der Waals surface area contributed by atoms with E-state index in [-0.39, 0.29) is 23.3 Å². The molecule has 0 unspecified atom stereocenters. The van der Waals surface area contributed by atoms with Gasteiger partial charge in [-0.3, -0.25) is 0 Å². The van der Waals surface area contributed by atoms with Gasteiger partial charge in [-0.25, -0.2) is 13.2 Å². The molecule has 1 saturated carbocycles. The van der Waals surface area contributed by atoms with E-state index in [0.29, 0.717) is 12.1 Å². The summed E-state index contributed by atoms with van der Waals surface area (Å²) in [5.74, 6) is -0.837. The number of aromatic nitrogens is 1. The SMILES string of the molecule is CCOC(=O)c1[nH]cc2c1[C@@H]1CC[C@H]2[C@@H](Cl)[C@@H]1S(=O)(=O)c1ccccc1. The molecule has 1 fully saturated rings. The van der Waals surface area contributed by atoms with Crippen molar-refractivity contribution in [2.45, 2.75) is 47.1 Å². The smallest absolute Gasteiger partial charge is 0.355 e. The number of fused-ring (bicyclic) bond motifs is 2. The first-order chi connectivity index (χ1) is 12.5. The fraction of sp³-hybridized carbons (Fsp3) is 0.421. The Kier molecular flexibility index (Phi) is 4.35. The molecule has 5 rings (SSSR count). The van der Waals surface area contributed by atoms with Crippen LogP contribution in [0.2, 0.25) is 0 Å². The standard InChI is InChI=1S/C19H20ClNO4S/c1-2-25-19(22)17-15-13-9-8-12(14(15)10-21-17)16(20)18(13)26(23,24)11-6-4-3-5-7-11/h3-7,10,12-13,16,18,21H,2,8-9H2,1H3/t12-,13+,16-,18-/m1/s1. The molecule has 4 atom stereocenters. The van der Waals surface area contributed by atoms with Crippen molar-refractivity contribution in [1.82, 2.24) is 4.98 Å². The minimum atomic E-state index is -3.62. The van der Waals surface area contributed by atoms with Gasteiger partial charge in [-0.1, -0.05) is 18.2 Å². The van der Waals surface area contributed by atoms with E-state index in [9.17, 15) is 13.2 Å². The summed E-state index contributed by atoms with van der Waals surface area (Å²) < 4.78 is 31.8. The monoisotopic (exact) mass is 393 g/mol. The van der Waals surface area contributed by atoms with Crippen LogP contribution >= 0.6 is 11.6 Å². The molecular formula is C19H20ClNO4S. The largest absolute Gasteiger partial charge is 0.461 e. The Bertz CT molecular complexity index is 938. The Hall–Kier alpha value is -1.79. The molecule has 0 radical (unpaired) electrons. The Labute approximate surface area is 157 Å². The average Bonchev–Trinajstić information content (AvgIpc) is 3.09. The minimum absolute atomic E-state index is 0.0837. The maximum Gasteiger partial charge on any atom is 0.355 e. The second-order valence-electron chi connectivity index (χ2n) is 6.81. The summed E-state index contributed by atoms with van der Waals surface area (Å²) in [5, 5.41) is -1.26. The summed E-state index contributed by atoms with van der Waals surface area (Å²) in [5.41, 5.74) is 2.11. The van der Waals surface area contributed by atoms with Gasteiger partial charge in [0.2, 0.25) is 0 Å². The summed E-state index contributed by atoms with van der Waals surface area (Å²) in [7, 11) is -3.62. The molecule has 1 aromatic heterocycles. The van der Waals surface area contributed by atoms with E-state index in [2.05, 4.69) is 4.98 Å². The number of hydrogen-bond acceptors (Lipinski definition) is 4. The summed E-state index contributed by atoms with van der Waals surface area (Å²) in [4.78, 5) is 15.6. The molecule has 138 valence electrons. The lowest BCUT2D eigenvalue weighted by molar-refractivity contribution is 0.0517. The third-order valence-electron chi connectivity index (χ3n) is 5.52. The van der Waals surface area contributed by atoms with Crippen molar-refractivity contribution in [3.05, 3.63) is 53.3 Å². The van der Waals surface area contributed by atoms with E-state index in [1.54, 1.807) is 43.5 Å². The number of alkyl halides is 1. The van der Waals surface area contributed by atoms with Crippen LogP contribution in [0.5, 0.6) is 0 Å². The van der Waals surface area contributed by atoms with Crippen molar-refractivity contribution >= 4 is 27.4 Å². The van der Waals surface area contributed by atoms with Crippen LogP contribution in [-0.2, 0) is 14.6 Å². The van der Waals surface area contributed by atoms with Gasteiger partial charge >= 0.3 is 5.97 Å². The van der Waals surface area contributed by atoms with Crippen molar-refractivity contribution in [2.75, 3.05) is 6.61 Å². The first-order valence-corrected chi connectivity index (χ1v) is 10.8. The number of hydrogen-bond donors (Lipinski definition) is 1. The number of sulfone groups is 1. The van der Waals surface area contributed by atoms with Gasteiger partial charge in [-0.05, 0) is 43.0 Å². The first-order valence-electron chi connectivity index (χ1n) is 8.78. The van der Waals surface area contributed by atoms with E-state index in [4.69, 9.17) is 16.3 Å². The van der Waals surface area contributed by atoms with Crippen LogP contribution in [0.1, 0.15) is 53.2 Å². The molecule has 1 N–H and O–H groups in total. The normalized spacial score (nSPS) is 27.2. The number of aromatic amines is 1. The van der Waals surface area contributed by atoms with Crippen molar-refractivity contribution in [3.63, 3.8) is 0 Å². The molecule has 0 aliphatic heterocycles. The molecule has 0 saturated heterocycles. The molecule has 2 bridgehead atoms. The van der Waals surface area contributed by atoms with Crippen LogP contribution in [0, 0.1) is 0 Å². The third kappa shape index (κ3) is 2.50. The lowest BCUT2D eigenvalue weighted by Gasteiger charge is -2.45. The topological polar surface area (TPSA) is 76.2 Å². The summed E-state index contributed by atoms with van der Waals surface area (Å²) in [6, 6.07) is 8.41. The van der Waals surface area contributed by atoms with E-state index >= 15 is 0 Å². The number of benzene rings is 1. The number of carbonyl (C=O) groups is 1. The minimum Gasteiger partial charge on any atom is -0.461 e. The van der Waals surface area contributed by atoms with Gasteiger partial charge in [0.25, 0.3) is 0 Å². The zero-order valence-corrected chi connectivity index (χ0v) is 15.9. The van der Waals surface area contributed by atoms with Crippen LogP contribution < -0.4 is 0 Å². The second kappa shape index (κ2) is 6.43. The second-order valence-corrected chi connectivity index (χ2v) is 9.42. The maximum atomic E-state index is 13.3. The zero-order valence-electron chi connectivity index (χ0n) is 14.3. The number of rotatable bonds is 4. The molecule has 3 aliphatic rings. The van der Waals surface area contributed by atoms with Crippen LogP contribution in [-0.4, -0.2) is 36.6 Å². The fourth-order valence-electron chi connectivity index (χ4n) is 4.45. The van der Waals surface area contributed by atoms with Gasteiger partial charge < -0.3 is 9.72 Å². The van der Waals surface area contributed by atoms with Gasteiger partial charge in [0.1, 0.15) is 5.69 Å². The predicted octanol–water partition coefficient (Wildman–Crippen LogP) is 3.62. The van der Waals surface area contributed by atoms with Crippen LogP contribution in [0.3, 0.4) is 0 Å². The van der Waals surface area contributed by atoms with Gasteiger partial charge in [-0.2, -0.15) is 0 Å². The van der Waals surface area contributed by atoms with Gasteiger partial charge in [-0.15, -0.1) is 11.6 Å². The summed E-state index contributed by atoms with van der Waals surface area (Å²) in [6.45, 7) is 2.02. The fourth-order valence-corrected chi connectivity index (χ4v) is 7.38. The summed E-state index contributed by atoms with van der Waals surface area (Å²) in [6.07, 6.45) is 3.31. The Morgan fingerprint density at radius 3 is 2.62 bits per heavy atom. The first kappa shape index (κ1) is 17.6. The number of halogens is 1.